The third-order valence-electron chi connectivity index (χ3n) is 7.12. The van der Waals surface area contributed by atoms with E-state index in [0.717, 1.165) is 38.2 Å². The van der Waals surface area contributed by atoms with Gasteiger partial charge in [0.1, 0.15) is 5.75 Å². The van der Waals surface area contributed by atoms with Crippen molar-refractivity contribution in [1.82, 2.24) is 0 Å². The highest BCUT2D eigenvalue weighted by molar-refractivity contribution is 6.21. The fourth-order valence-corrected chi connectivity index (χ4v) is 5.49. The maximum absolute atomic E-state index is 11.0. The topological polar surface area (TPSA) is 20.2 Å². The zero-order valence-electron chi connectivity index (χ0n) is 23.9. The van der Waals surface area contributed by atoms with E-state index in [1.54, 1.807) is 0 Å². The van der Waals surface area contributed by atoms with Crippen molar-refractivity contribution in [2.45, 2.75) is 0 Å². The summed E-state index contributed by atoms with van der Waals surface area (Å²) in [7, 11) is 0. The molecule has 0 aliphatic rings. The van der Waals surface area contributed by atoms with E-state index in [1.807, 2.05) is 48.5 Å². The second kappa shape index (κ2) is 8.65. The van der Waals surface area contributed by atoms with Gasteiger partial charge in [-0.1, -0.05) is 133 Å². The van der Waals surface area contributed by atoms with Gasteiger partial charge in [0, 0.05) is 11.1 Å². The minimum absolute atomic E-state index is 0.112. The predicted molar refractivity (Wildman–Crippen MR) is 157 cm³/mol. The van der Waals surface area contributed by atoms with Crippen LogP contribution >= 0.6 is 0 Å². The van der Waals surface area contributed by atoms with Crippen LogP contribution in [-0.4, -0.2) is 5.11 Å². The number of aromatic hydroxyl groups is 1. The third-order valence-corrected chi connectivity index (χ3v) is 7.12. The molecular formula is C36H24O. The van der Waals surface area contributed by atoms with Crippen molar-refractivity contribution in [3.63, 3.8) is 0 Å². The van der Waals surface area contributed by atoms with E-state index in [4.69, 9.17) is 5.48 Å². The molecule has 7 rings (SSSR count). The molecular weight excluding hydrogens is 448 g/mol. The molecule has 1 N–H and O–H groups in total. The van der Waals surface area contributed by atoms with Crippen LogP contribution in [0.3, 0.4) is 0 Å². The lowest BCUT2D eigenvalue weighted by Gasteiger charge is -2.18. The first-order valence-electron chi connectivity index (χ1n) is 14.3. The molecule has 0 unspecified atom stereocenters. The Morgan fingerprint density at radius 1 is 0.432 bits per heavy atom. The van der Waals surface area contributed by atoms with Gasteiger partial charge < -0.3 is 5.11 Å². The zero-order chi connectivity index (χ0) is 28.2. The molecule has 7 aromatic carbocycles. The Hall–Kier alpha value is -4.88. The summed E-state index contributed by atoms with van der Waals surface area (Å²) in [5, 5.41) is 16.9. The van der Waals surface area contributed by atoms with Gasteiger partial charge in [-0.15, -0.1) is 0 Å². The van der Waals surface area contributed by atoms with Gasteiger partial charge in [-0.2, -0.15) is 0 Å². The van der Waals surface area contributed by atoms with E-state index >= 15 is 0 Å². The second-order valence-corrected chi connectivity index (χ2v) is 9.17. The highest BCUT2D eigenvalue weighted by Gasteiger charge is 2.18. The number of benzene rings is 7. The summed E-state index contributed by atoms with van der Waals surface area (Å²) >= 11 is 0. The van der Waals surface area contributed by atoms with Gasteiger partial charge in [0.25, 0.3) is 0 Å². The van der Waals surface area contributed by atoms with Crippen molar-refractivity contribution >= 4 is 32.3 Å². The molecule has 0 aliphatic heterocycles. The Kier molecular flexibility index (Phi) is 4.10. The van der Waals surface area contributed by atoms with Crippen molar-refractivity contribution in [1.29, 1.82) is 0 Å². The Morgan fingerprint density at radius 3 is 1.62 bits per heavy atom. The van der Waals surface area contributed by atoms with Crippen molar-refractivity contribution in [3.05, 3.63) is 139 Å². The molecule has 0 saturated carbocycles. The molecule has 0 amide bonds. The van der Waals surface area contributed by atoms with Gasteiger partial charge in [-0.25, -0.2) is 0 Å². The van der Waals surface area contributed by atoms with Crippen molar-refractivity contribution in [2.75, 3.05) is 0 Å². The van der Waals surface area contributed by atoms with Crippen LogP contribution in [0.1, 0.15) is 5.48 Å². The quantitative estimate of drug-likeness (QED) is 0.252. The molecule has 0 spiro atoms. The molecule has 0 saturated heterocycles. The average molecular weight is 477 g/mol. The lowest BCUT2D eigenvalue weighted by molar-refractivity contribution is 0.477. The Balaban J connectivity index is 1.51. The van der Waals surface area contributed by atoms with Crippen molar-refractivity contribution in [3.8, 4) is 39.1 Å². The van der Waals surface area contributed by atoms with E-state index in [2.05, 4.69) is 66.7 Å². The number of fused-ring (bicyclic) bond motifs is 3. The smallest absolute Gasteiger partial charge is 0.123 e. The standard InChI is InChI=1S/C36H24O/c37-34-19-8-7-17-33(34)36-31-15-5-3-13-29(31)35(30-14-4-6-16-32(30)36)26-22-20-25(21-23-26)28-18-9-11-24-10-1-2-12-27(24)28/h1-23,37H/i7D,8D,17D,19D. The van der Waals surface area contributed by atoms with E-state index < -0.39 is 17.8 Å². The summed E-state index contributed by atoms with van der Waals surface area (Å²) in [6.07, 6.45) is 0. The van der Waals surface area contributed by atoms with Gasteiger partial charge >= 0.3 is 0 Å². The summed E-state index contributed by atoms with van der Waals surface area (Å²) in [5.41, 5.74) is 5.07. The first-order chi connectivity index (χ1) is 20.0. The number of rotatable bonds is 3. The van der Waals surface area contributed by atoms with Gasteiger partial charge in [0.05, 0.1) is 5.48 Å². The fraction of sp³-hybridized carbons (Fsp3) is 0. The highest BCUT2D eigenvalue weighted by Crippen LogP contribution is 2.45. The zero-order valence-corrected chi connectivity index (χ0v) is 19.9. The first-order valence-corrected chi connectivity index (χ1v) is 12.3. The Labute approximate surface area is 221 Å². The van der Waals surface area contributed by atoms with Crippen LogP contribution in [0.25, 0.3) is 65.7 Å². The van der Waals surface area contributed by atoms with Gasteiger partial charge in [-0.05, 0) is 60.6 Å². The Bertz CT molecular complexity index is 2060. The van der Waals surface area contributed by atoms with Gasteiger partial charge in [0.15, 0.2) is 0 Å². The summed E-state index contributed by atoms with van der Waals surface area (Å²) in [4.78, 5) is 0. The van der Waals surface area contributed by atoms with E-state index in [1.165, 1.54) is 16.3 Å². The number of para-hydroxylation sites is 1. The molecule has 0 bridgehead atoms. The minimum atomic E-state index is -0.451. The molecule has 37 heavy (non-hydrogen) atoms. The fourth-order valence-electron chi connectivity index (χ4n) is 5.49. The third kappa shape index (κ3) is 3.48. The molecule has 174 valence electrons. The van der Waals surface area contributed by atoms with Crippen LogP contribution in [0.2, 0.25) is 0 Å². The normalized spacial score (nSPS) is 12.9. The van der Waals surface area contributed by atoms with Crippen LogP contribution in [0.15, 0.2) is 139 Å². The van der Waals surface area contributed by atoms with Crippen LogP contribution in [-0.2, 0) is 0 Å². The summed E-state index contributed by atoms with van der Waals surface area (Å²) in [6, 6.07) is 37.5. The molecule has 0 heterocycles. The highest BCUT2D eigenvalue weighted by atomic mass is 16.3. The lowest BCUT2D eigenvalue weighted by atomic mass is 9.85. The molecule has 7 aromatic rings. The minimum Gasteiger partial charge on any atom is -0.507 e. The van der Waals surface area contributed by atoms with E-state index in [9.17, 15) is 5.11 Å². The summed E-state index contributed by atoms with van der Waals surface area (Å²) in [5.74, 6) is -0.446. The largest absolute Gasteiger partial charge is 0.507 e. The first kappa shape index (κ1) is 17.5. The van der Waals surface area contributed by atoms with E-state index in [-0.39, 0.29) is 17.6 Å². The Morgan fingerprint density at radius 2 is 0.946 bits per heavy atom. The van der Waals surface area contributed by atoms with Crippen LogP contribution < -0.4 is 0 Å². The lowest BCUT2D eigenvalue weighted by Crippen LogP contribution is -1.91. The predicted octanol–water partition coefficient (Wildman–Crippen LogP) is 9.85. The molecule has 0 atom stereocenters. The molecule has 1 heteroatoms. The monoisotopic (exact) mass is 476 g/mol. The van der Waals surface area contributed by atoms with Gasteiger partial charge in [0.2, 0.25) is 0 Å². The number of hydrogen-bond acceptors (Lipinski definition) is 1. The maximum Gasteiger partial charge on any atom is 0.123 e. The van der Waals surface area contributed by atoms with Gasteiger partial charge in [-0.3, -0.25) is 0 Å². The number of phenolic OH excluding ortho intramolecular Hbond substituents is 1. The SMILES string of the molecule is [2H]c1c([2H])c([2H])c(-c2c3ccccc3c(-c3ccc(-c4cccc5ccccc45)cc3)c3ccccc23)c(O)c1[2H]. The second-order valence-electron chi connectivity index (χ2n) is 9.17. The molecule has 0 aliphatic carbocycles. The summed E-state index contributed by atoms with van der Waals surface area (Å²) < 4.78 is 33.3. The van der Waals surface area contributed by atoms with Crippen LogP contribution in [0, 0.1) is 0 Å². The van der Waals surface area contributed by atoms with Crippen molar-refractivity contribution < 1.29 is 10.6 Å². The molecule has 1 nitrogen and oxygen atoms in total. The molecule has 0 aromatic heterocycles. The maximum atomic E-state index is 11.0. The molecule has 0 fully saturated rings. The van der Waals surface area contributed by atoms with E-state index in [0.29, 0.717) is 5.56 Å². The van der Waals surface area contributed by atoms with Crippen LogP contribution in [0.4, 0.5) is 0 Å². The van der Waals surface area contributed by atoms with Crippen molar-refractivity contribution in [2.24, 2.45) is 0 Å². The summed E-state index contributed by atoms with van der Waals surface area (Å²) in [6.45, 7) is 0. The average Bonchev–Trinajstić information content (AvgIpc) is 3.02. The number of hydrogen-bond donors (Lipinski definition) is 1. The number of phenols is 1. The molecule has 0 radical (unpaired) electrons. The van der Waals surface area contributed by atoms with Crippen LogP contribution in [0.5, 0.6) is 5.75 Å².